The molecule has 0 aliphatic rings. The van der Waals surface area contributed by atoms with Gasteiger partial charge < -0.3 is 4.74 Å². The Balaban J connectivity index is 2.90. The number of hydrogen-bond acceptors (Lipinski definition) is 2. The van der Waals surface area contributed by atoms with Crippen LogP contribution in [0.3, 0.4) is 0 Å². The first kappa shape index (κ1) is 12.8. The van der Waals surface area contributed by atoms with Crippen LogP contribution in [0.25, 0.3) is 0 Å². The predicted molar refractivity (Wildman–Crippen MR) is 65.7 cm³/mol. The van der Waals surface area contributed by atoms with E-state index in [2.05, 4.69) is 25.5 Å². The van der Waals surface area contributed by atoms with E-state index < -0.39 is 0 Å². The Labute approximate surface area is 97.6 Å². The summed E-state index contributed by atoms with van der Waals surface area (Å²) in [5.41, 5.74) is 2.05. The van der Waals surface area contributed by atoms with Gasteiger partial charge in [-0.2, -0.15) is 0 Å². The van der Waals surface area contributed by atoms with Gasteiger partial charge in [0.25, 0.3) is 0 Å². The van der Waals surface area contributed by atoms with Crippen LogP contribution in [0.4, 0.5) is 0 Å². The quantitative estimate of drug-likeness (QED) is 0.725. The zero-order valence-corrected chi connectivity index (χ0v) is 10.5. The first-order valence-corrected chi connectivity index (χ1v) is 5.70. The second kappa shape index (κ2) is 5.15. The van der Waals surface area contributed by atoms with E-state index >= 15 is 0 Å². The molecule has 1 rings (SSSR count). The maximum atomic E-state index is 11.3. The summed E-state index contributed by atoms with van der Waals surface area (Å²) in [4.78, 5) is 11.3. The molecule has 88 valence electrons. The lowest BCUT2D eigenvalue weighted by molar-refractivity contribution is 0.0600. The molecule has 0 spiro atoms. The molecule has 0 saturated carbocycles. The van der Waals surface area contributed by atoms with Gasteiger partial charge in [-0.1, -0.05) is 39.3 Å². The number of ether oxygens (including phenoxy) is 1. The first-order chi connectivity index (χ1) is 7.51. The fourth-order valence-corrected chi connectivity index (χ4v) is 1.94. The van der Waals surface area contributed by atoms with E-state index in [4.69, 9.17) is 0 Å². The van der Waals surface area contributed by atoms with Crippen LogP contribution in [0.2, 0.25) is 0 Å². The lowest BCUT2D eigenvalue weighted by Gasteiger charge is -2.24. The number of carbonyl (C=O) groups is 1. The Morgan fingerprint density at radius 1 is 1.25 bits per heavy atom. The van der Waals surface area contributed by atoms with Crippen LogP contribution in [0.5, 0.6) is 0 Å². The summed E-state index contributed by atoms with van der Waals surface area (Å²) in [6, 6.07) is 7.70. The van der Waals surface area contributed by atoms with Crippen LogP contribution in [0.1, 0.15) is 49.5 Å². The largest absolute Gasteiger partial charge is 0.465 e. The van der Waals surface area contributed by atoms with Gasteiger partial charge in [0, 0.05) is 0 Å². The van der Waals surface area contributed by atoms with Gasteiger partial charge in [-0.05, 0) is 29.5 Å². The summed E-state index contributed by atoms with van der Waals surface area (Å²) in [5, 5.41) is 0. The van der Waals surface area contributed by atoms with Crippen LogP contribution in [-0.4, -0.2) is 13.1 Å². The molecule has 0 aliphatic heterocycles. The van der Waals surface area contributed by atoms with Crippen LogP contribution in [-0.2, 0) is 10.2 Å². The third kappa shape index (κ3) is 2.84. The molecule has 0 aliphatic carbocycles. The smallest absolute Gasteiger partial charge is 0.337 e. The second-order valence-electron chi connectivity index (χ2n) is 4.70. The molecule has 0 unspecified atom stereocenters. The van der Waals surface area contributed by atoms with E-state index in [-0.39, 0.29) is 11.4 Å². The molecule has 0 radical (unpaired) electrons. The van der Waals surface area contributed by atoms with E-state index in [0.717, 1.165) is 12.8 Å². The minimum atomic E-state index is -0.278. The molecule has 0 bridgehead atoms. The van der Waals surface area contributed by atoms with Gasteiger partial charge >= 0.3 is 5.97 Å². The van der Waals surface area contributed by atoms with Crippen LogP contribution in [0.15, 0.2) is 24.3 Å². The highest BCUT2D eigenvalue weighted by molar-refractivity contribution is 5.89. The number of benzene rings is 1. The van der Waals surface area contributed by atoms with Crippen molar-refractivity contribution in [3.63, 3.8) is 0 Å². The van der Waals surface area contributed by atoms with Gasteiger partial charge in [-0.25, -0.2) is 4.79 Å². The molecule has 2 heteroatoms. The molecular weight excluding hydrogens is 200 g/mol. The monoisotopic (exact) mass is 220 g/mol. The van der Waals surface area contributed by atoms with Crippen molar-refractivity contribution in [1.82, 2.24) is 0 Å². The first-order valence-electron chi connectivity index (χ1n) is 5.70. The van der Waals surface area contributed by atoms with E-state index in [1.54, 1.807) is 0 Å². The molecule has 0 atom stereocenters. The Kier molecular flexibility index (Phi) is 4.11. The van der Waals surface area contributed by atoms with Crippen molar-refractivity contribution in [2.24, 2.45) is 0 Å². The number of carbonyl (C=O) groups excluding carboxylic acids is 1. The molecule has 1 aromatic carbocycles. The van der Waals surface area contributed by atoms with Crippen molar-refractivity contribution in [2.75, 3.05) is 7.11 Å². The number of methoxy groups -OCH3 is 1. The van der Waals surface area contributed by atoms with Crippen molar-refractivity contribution < 1.29 is 9.53 Å². The standard InChI is InChI=1S/C14H20O2/c1-5-10-14(2,3)12-8-6-11(7-9-12)13(15)16-4/h6-9H,5,10H2,1-4H3. The van der Waals surface area contributed by atoms with Gasteiger partial charge in [0.2, 0.25) is 0 Å². The molecule has 0 fully saturated rings. The molecule has 1 aromatic rings. The number of hydrogen-bond donors (Lipinski definition) is 0. The van der Waals surface area contributed by atoms with Gasteiger partial charge in [0.05, 0.1) is 12.7 Å². The molecule has 0 heterocycles. The average Bonchev–Trinajstić information content (AvgIpc) is 2.28. The fraction of sp³-hybridized carbons (Fsp3) is 0.500. The van der Waals surface area contributed by atoms with Crippen LogP contribution >= 0.6 is 0 Å². The average molecular weight is 220 g/mol. The van der Waals surface area contributed by atoms with Crippen molar-refractivity contribution in [2.45, 2.75) is 39.0 Å². The van der Waals surface area contributed by atoms with E-state index in [1.807, 2.05) is 24.3 Å². The summed E-state index contributed by atoms with van der Waals surface area (Å²) in [5.74, 6) is -0.278. The summed E-state index contributed by atoms with van der Waals surface area (Å²) >= 11 is 0. The van der Waals surface area contributed by atoms with E-state index in [9.17, 15) is 4.79 Å². The minimum Gasteiger partial charge on any atom is -0.465 e. The Morgan fingerprint density at radius 2 is 1.81 bits per heavy atom. The summed E-state index contributed by atoms with van der Waals surface area (Å²) in [7, 11) is 1.40. The van der Waals surface area contributed by atoms with Gasteiger partial charge in [0.15, 0.2) is 0 Å². The molecule has 2 nitrogen and oxygen atoms in total. The molecule has 0 aromatic heterocycles. The van der Waals surface area contributed by atoms with E-state index in [0.29, 0.717) is 5.56 Å². The van der Waals surface area contributed by atoms with Crippen LogP contribution < -0.4 is 0 Å². The van der Waals surface area contributed by atoms with Gasteiger partial charge in [0.1, 0.15) is 0 Å². The highest BCUT2D eigenvalue weighted by Gasteiger charge is 2.19. The summed E-state index contributed by atoms with van der Waals surface area (Å²) < 4.78 is 4.67. The van der Waals surface area contributed by atoms with Crippen molar-refractivity contribution in [1.29, 1.82) is 0 Å². The van der Waals surface area contributed by atoms with E-state index in [1.165, 1.54) is 12.7 Å². The molecule has 0 saturated heterocycles. The molecule has 16 heavy (non-hydrogen) atoms. The maximum absolute atomic E-state index is 11.3. The molecule has 0 N–H and O–H groups in total. The summed E-state index contributed by atoms with van der Waals surface area (Å²) in [6.07, 6.45) is 2.30. The van der Waals surface area contributed by atoms with Crippen molar-refractivity contribution >= 4 is 5.97 Å². The van der Waals surface area contributed by atoms with Crippen LogP contribution in [0, 0.1) is 0 Å². The topological polar surface area (TPSA) is 26.3 Å². The zero-order valence-electron chi connectivity index (χ0n) is 10.5. The lowest BCUT2D eigenvalue weighted by Crippen LogP contribution is -2.16. The molecule has 0 amide bonds. The normalized spacial score (nSPS) is 11.2. The van der Waals surface area contributed by atoms with Gasteiger partial charge in [-0.15, -0.1) is 0 Å². The Morgan fingerprint density at radius 3 is 2.25 bits per heavy atom. The number of rotatable bonds is 4. The Bertz CT molecular complexity index is 350. The van der Waals surface area contributed by atoms with Crippen molar-refractivity contribution in [3.8, 4) is 0 Å². The zero-order chi connectivity index (χ0) is 12.2. The SMILES string of the molecule is CCCC(C)(C)c1ccc(C(=O)OC)cc1. The third-order valence-electron chi connectivity index (χ3n) is 2.96. The molecular formula is C14H20O2. The third-order valence-corrected chi connectivity index (χ3v) is 2.96. The highest BCUT2D eigenvalue weighted by Crippen LogP contribution is 2.28. The second-order valence-corrected chi connectivity index (χ2v) is 4.70. The number of esters is 1. The Hall–Kier alpha value is -1.31. The summed E-state index contributed by atoms with van der Waals surface area (Å²) in [6.45, 7) is 6.64. The minimum absolute atomic E-state index is 0.170. The fourth-order valence-electron chi connectivity index (χ4n) is 1.94. The maximum Gasteiger partial charge on any atom is 0.337 e. The predicted octanol–water partition coefficient (Wildman–Crippen LogP) is 3.55. The van der Waals surface area contributed by atoms with Crippen molar-refractivity contribution in [3.05, 3.63) is 35.4 Å². The highest BCUT2D eigenvalue weighted by atomic mass is 16.5. The van der Waals surface area contributed by atoms with Gasteiger partial charge in [-0.3, -0.25) is 0 Å². The lowest BCUT2D eigenvalue weighted by atomic mass is 9.80.